The van der Waals surface area contributed by atoms with Crippen molar-refractivity contribution < 1.29 is 0 Å². The molecule has 1 aliphatic rings. The summed E-state index contributed by atoms with van der Waals surface area (Å²) >= 11 is 1.28. The summed E-state index contributed by atoms with van der Waals surface area (Å²) in [5.74, 6) is 0.999. The molecule has 51 heavy (non-hydrogen) atoms. The summed E-state index contributed by atoms with van der Waals surface area (Å²) in [6.45, 7) is 0. The van der Waals surface area contributed by atoms with Crippen LogP contribution in [0.3, 0.4) is 0 Å². The molecule has 0 unspecified atom stereocenters. The molecule has 5 nitrogen and oxygen atoms in total. The largest absolute Gasteiger partial charge is 0.320 e. The maximum atomic E-state index is 5.55. The standard InChI is InChI=1S/C45H35N5S/c1-4-14-31(15-5-1)49(32-16-6-2-7-17-32)34-26-24-30(25-27-34)35-28-29-40(42-41(35)47-51-48-42)45-46-43-38-22-12-10-20-36(38)37-21-11-13-23-39(37)44(43)50(45)33-18-8-3-9-19-33/h1-2,4-7,10-17,20-29,33H,3,8-9,18-19H2. The number of benzene rings is 7. The van der Waals surface area contributed by atoms with Crippen LogP contribution in [0.15, 0.2) is 146 Å². The van der Waals surface area contributed by atoms with Crippen LogP contribution in [0.1, 0.15) is 38.1 Å². The molecule has 1 saturated carbocycles. The number of nitrogens with zero attached hydrogens (tertiary/aromatic N) is 5. The highest BCUT2D eigenvalue weighted by Crippen LogP contribution is 2.44. The molecule has 0 radical (unpaired) electrons. The molecule has 2 heterocycles. The zero-order valence-corrected chi connectivity index (χ0v) is 28.9. The summed E-state index contributed by atoms with van der Waals surface area (Å²) < 4.78 is 12.4. The van der Waals surface area contributed by atoms with Gasteiger partial charge in [-0.2, -0.15) is 8.75 Å². The number of rotatable bonds is 6. The molecule has 0 saturated heterocycles. The average molecular weight is 678 g/mol. The van der Waals surface area contributed by atoms with Crippen molar-refractivity contribution >= 4 is 72.4 Å². The van der Waals surface area contributed by atoms with Crippen molar-refractivity contribution in [3.8, 4) is 22.5 Å². The fraction of sp³-hybridized carbons (Fsp3) is 0.133. The Morgan fingerprint density at radius 1 is 0.490 bits per heavy atom. The first-order valence-corrected chi connectivity index (χ1v) is 18.6. The van der Waals surface area contributed by atoms with E-state index in [2.05, 4.69) is 155 Å². The van der Waals surface area contributed by atoms with Gasteiger partial charge in [0, 0.05) is 45.0 Å². The van der Waals surface area contributed by atoms with Crippen molar-refractivity contribution in [2.24, 2.45) is 0 Å². The third kappa shape index (κ3) is 5.01. The predicted molar refractivity (Wildman–Crippen MR) is 213 cm³/mol. The van der Waals surface area contributed by atoms with Crippen molar-refractivity contribution in [3.05, 3.63) is 146 Å². The van der Waals surface area contributed by atoms with Gasteiger partial charge in [-0.05, 0) is 71.6 Å². The lowest BCUT2D eigenvalue weighted by molar-refractivity contribution is 0.362. The first-order chi connectivity index (χ1) is 25.3. The molecule has 9 aromatic rings. The van der Waals surface area contributed by atoms with Crippen molar-refractivity contribution in [2.45, 2.75) is 38.1 Å². The minimum atomic E-state index is 0.384. The van der Waals surface area contributed by atoms with E-state index in [1.807, 2.05) is 0 Å². The third-order valence-electron chi connectivity index (χ3n) is 10.6. The molecule has 0 bridgehead atoms. The summed E-state index contributed by atoms with van der Waals surface area (Å²) in [7, 11) is 0. The first kappa shape index (κ1) is 30.0. The Kier molecular flexibility index (Phi) is 7.35. The van der Waals surface area contributed by atoms with Crippen LogP contribution >= 0.6 is 11.7 Å². The van der Waals surface area contributed by atoms with E-state index in [9.17, 15) is 0 Å². The monoisotopic (exact) mass is 677 g/mol. The number of aromatic nitrogens is 4. The fourth-order valence-electron chi connectivity index (χ4n) is 8.28. The van der Waals surface area contributed by atoms with E-state index in [1.54, 1.807) is 0 Å². The zero-order chi connectivity index (χ0) is 33.7. The highest BCUT2D eigenvalue weighted by Gasteiger charge is 2.27. The maximum absolute atomic E-state index is 5.55. The van der Waals surface area contributed by atoms with Crippen LogP contribution in [0, 0.1) is 0 Å². The second kappa shape index (κ2) is 12.5. The number of hydrogen-bond donors (Lipinski definition) is 0. The summed E-state index contributed by atoms with van der Waals surface area (Å²) in [6.07, 6.45) is 6.09. The Hall–Kier alpha value is -5.85. The second-order valence-electron chi connectivity index (χ2n) is 13.6. The van der Waals surface area contributed by atoms with Crippen molar-refractivity contribution in [1.82, 2.24) is 18.3 Å². The second-order valence-corrected chi connectivity index (χ2v) is 14.1. The van der Waals surface area contributed by atoms with E-state index in [0.29, 0.717) is 6.04 Å². The van der Waals surface area contributed by atoms with Crippen molar-refractivity contribution in [3.63, 3.8) is 0 Å². The van der Waals surface area contributed by atoms with Crippen LogP contribution in [0.4, 0.5) is 17.1 Å². The number of hydrogen-bond acceptors (Lipinski definition) is 5. The number of anilines is 3. The van der Waals surface area contributed by atoms with Gasteiger partial charge in [0.2, 0.25) is 0 Å². The lowest BCUT2D eigenvalue weighted by Crippen LogP contribution is -2.14. The van der Waals surface area contributed by atoms with Crippen LogP contribution in [-0.4, -0.2) is 18.3 Å². The van der Waals surface area contributed by atoms with Crippen LogP contribution < -0.4 is 4.90 Å². The Labute approximate surface area is 300 Å². The molecule has 10 rings (SSSR count). The molecular weight excluding hydrogens is 643 g/mol. The fourth-order valence-corrected chi connectivity index (χ4v) is 8.86. The minimum absolute atomic E-state index is 0.384. The van der Waals surface area contributed by atoms with Gasteiger partial charge in [0.1, 0.15) is 16.9 Å². The van der Waals surface area contributed by atoms with Gasteiger partial charge in [0.15, 0.2) is 0 Å². The van der Waals surface area contributed by atoms with Crippen molar-refractivity contribution in [2.75, 3.05) is 4.90 Å². The maximum Gasteiger partial charge on any atom is 0.143 e. The molecule has 6 heteroatoms. The highest BCUT2D eigenvalue weighted by molar-refractivity contribution is 7.00. The van der Waals surface area contributed by atoms with Gasteiger partial charge in [-0.1, -0.05) is 122 Å². The topological polar surface area (TPSA) is 46.8 Å². The molecular formula is C45H35N5S. The molecule has 246 valence electrons. The van der Waals surface area contributed by atoms with Crippen LogP contribution in [-0.2, 0) is 0 Å². The average Bonchev–Trinajstić information content (AvgIpc) is 3.86. The van der Waals surface area contributed by atoms with Gasteiger partial charge < -0.3 is 9.47 Å². The number of imidazole rings is 1. The van der Waals surface area contributed by atoms with Gasteiger partial charge in [-0.25, -0.2) is 4.98 Å². The van der Waals surface area contributed by atoms with E-state index in [4.69, 9.17) is 13.7 Å². The normalized spacial score (nSPS) is 13.8. The van der Waals surface area contributed by atoms with E-state index >= 15 is 0 Å². The third-order valence-corrected chi connectivity index (χ3v) is 11.2. The van der Waals surface area contributed by atoms with E-state index in [0.717, 1.165) is 69.0 Å². The van der Waals surface area contributed by atoms with Crippen LogP contribution in [0.5, 0.6) is 0 Å². The Morgan fingerprint density at radius 2 is 1.02 bits per heavy atom. The highest BCUT2D eigenvalue weighted by atomic mass is 32.1. The van der Waals surface area contributed by atoms with Crippen molar-refractivity contribution in [1.29, 1.82) is 0 Å². The molecule has 0 amide bonds. The summed E-state index contributed by atoms with van der Waals surface area (Å²) in [5.41, 5.74) is 10.7. The number of fused-ring (bicyclic) bond motifs is 7. The predicted octanol–water partition coefficient (Wildman–Crippen LogP) is 12.7. The van der Waals surface area contributed by atoms with Gasteiger partial charge >= 0.3 is 0 Å². The smallest absolute Gasteiger partial charge is 0.143 e. The summed E-state index contributed by atoms with van der Waals surface area (Å²) in [4.78, 5) is 7.84. The summed E-state index contributed by atoms with van der Waals surface area (Å²) in [5, 5.41) is 4.99. The summed E-state index contributed by atoms with van der Waals surface area (Å²) in [6, 6.07) is 52.3. The van der Waals surface area contributed by atoms with E-state index in [1.165, 1.54) is 58.1 Å². The van der Waals surface area contributed by atoms with Gasteiger partial charge in [-0.15, -0.1) is 0 Å². The molecule has 7 aromatic carbocycles. The van der Waals surface area contributed by atoms with Gasteiger partial charge in [0.25, 0.3) is 0 Å². The van der Waals surface area contributed by atoms with E-state index in [-0.39, 0.29) is 0 Å². The number of para-hydroxylation sites is 2. The quantitative estimate of drug-likeness (QED) is 0.164. The first-order valence-electron chi connectivity index (χ1n) is 17.9. The molecule has 1 aliphatic carbocycles. The Balaban J connectivity index is 1.13. The molecule has 0 aliphatic heterocycles. The molecule has 2 aromatic heterocycles. The molecule has 0 spiro atoms. The Morgan fingerprint density at radius 3 is 1.69 bits per heavy atom. The van der Waals surface area contributed by atoms with Gasteiger partial charge in [-0.3, -0.25) is 0 Å². The lowest BCUT2D eigenvalue weighted by atomic mass is 9.94. The van der Waals surface area contributed by atoms with Gasteiger partial charge in [0.05, 0.1) is 22.8 Å². The van der Waals surface area contributed by atoms with Crippen LogP contribution in [0.2, 0.25) is 0 Å². The minimum Gasteiger partial charge on any atom is -0.320 e. The van der Waals surface area contributed by atoms with Crippen LogP contribution in [0.25, 0.3) is 66.1 Å². The zero-order valence-electron chi connectivity index (χ0n) is 28.1. The lowest BCUT2D eigenvalue weighted by Gasteiger charge is -2.26. The van der Waals surface area contributed by atoms with E-state index < -0.39 is 0 Å². The molecule has 1 fully saturated rings. The Bertz CT molecular complexity index is 2630. The SMILES string of the molecule is c1ccc(N(c2ccccc2)c2ccc(-c3ccc(-c4nc5c6ccccc6c6ccccc6c5n4C4CCCCC4)c4nsnc34)cc2)cc1. The molecule has 0 atom stereocenters. The molecule has 0 N–H and O–H groups in total.